The quantitative estimate of drug-likeness (QED) is 0.487. The van der Waals surface area contributed by atoms with Gasteiger partial charge >= 0.3 is 5.97 Å². The molecule has 0 heterocycles. The molecule has 1 amide bonds. The Bertz CT molecular complexity index is 271. The van der Waals surface area contributed by atoms with Crippen LogP contribution in [0, 0.1) is 0 Å². The lowest BCUT2D eigenvalue weighted by Crippen LogP contribution is -2.33. The molecule has 0 bridgehead atoms. The summed E-state index contributed by atoms with van der Waals surface area (Å²) in [6.45, 7) is 6.33. The molecule has 1 fully saturated rings. The molecule has 0 spiro atoms. The minimum absolute atomic E-state index is 0.0236. The van der Waals surface area contributed by atoms with Crippen molar-refractivity contribution in [2.45, 2.75) is 38.6 Å². The first-order valence-corrected chi connectivity index (χ1v) is 5.75. The van der Waals surface area contributed by atoms with Gasteiger partial charge in [-0.1, -0.05) is 6.08 Å². The van der Waals surface area contributed by atoms with Gasteiger partial charge in [0.2, 0.25) is 5.91 Å². The third kappa shape index (κ3) is 4.04. The monoisotopic (exact) mass is 225 g/mol. The highest BCUT2D eigenvalue weighted by Gasteiger charge is 2.31. The lowest BCUT2D eigenvalue weighted by molar-refractivity contribution is -0.145. The zero-order valence-electron chi connectivity index (χ0n) is 9.78. The normalized spacial score (nSPS) is 14.3. The van der Waals surface area contributed by atoms with Crippen molar-refractivity contribution in [1.82, 2.24) is 4.90 Å². The Morgan fingerprint density at radius 1 is 1.44 bits per heavy atom. The highest BCUT2D eigenvalue weighted by Crippen LogP contribution is 2.27. The van der Waals surface area contributed by atoms with Gasteiger partial charge in [-0.3, -0.25) is 9.59 Å². The van der Waals surface area contributed by atoms with Crippen molar-refractivity contribution >= 4 is 11.9 Å². The highest BCUT2D eigenvalue weighted by atomic mass is 16.5. The largest absolute Gasteiger partial charge is 0.466 e. The second-order valence-corrected chi connectivity index (χ2v) is 3.87. The maximum absolute atomic E-state index is 11.8. The van der Waals surface area contributed by atoms with Crippen molar-refractivity contribution in [2.24, 2.45) is 0 Å². The summed E-state index contributed by atoms with van der Waals surface area (Å²) in [6, 6.07) is 0.368. The van der Waals surface area contributed by atoms with Crippen LogP contribution in [0.3, 0.4) is 0 Å². The van der Waals surface area contributed by atoms with Gasteiger partial charge in [-0.15, -0.1) is 6.58 Å². The van der Waals surface area contributed by atoms with Gasteiger partial charge in [-0.05, 0) is 19.8 Å². The van der Waals surface area contributed by atoms with E-state index >= 15 is 0 Å². The Balaban J connectivity index is 2.31. The van der Waals surface area contributed by atoms with Crippen molar-refractivity contribution in [3.8, 4) is 0 Å². The molecular formula is C12H19NO3. The fourth-order valence-electron chi connectivity index (χ4n) is 1.57. The molecule has 0 aromatic carbocycles. The number of esters is 1. The summed E-state index contributed by atoms with van der Waals surface area (Å²) in [5.41, 5.74) is 0. The third-order valence-electron chi connectivity index (χ3n) is 2.48. The molecule has 0 aromatic rings. The standard InChI is InChI=1S/C12H19NO3/c1-3-9-13(10-5-6-10)11(14)7-8-12(15)16-4-2/h3,10H,1,4-9H2,2H3. The van der Waals surface area contributed by atoms with Gasteiger partial charge < -0.3 is 9.64 Å². The Kier molecular flexibility index (Phi) is 5.02. The van der Waals surface area contributed by atoms with E-state index in [0.29, 0.717) is 19.2 Å². The highest BCUT2D eigenvalue weighted by molar-refractivity contribution is 5.81. The molecule has 4 nitrogen and oxygen atoms in total. The summed E-state index contributed by atoms with van der Waals surface area (Å²) in [5, 5.41) is 0. The van der Waals surface area contributed by atoms with E-state index < -0.39 is 0 Å². The molecule has 1 saturated carbocycles. The van der Waals surface area contributed by atoms with Gasteiger partial charge in [-0.2, -0.15) is 0 Å². The van der Waals surface area contributed by atoms with Gasteiger partial charge in [0.15, 0.2) is 0 Å². The molecule has 0 atom stereocenters. The summed E-state index contributed by atoms with van der Waals surface area (Å²) in [4.78, 5) is 24.7. The number of carbonyl (C=O) groups is 2. The number of nitrogens with zero attached hydrogens (tertiary/aromatic N) is 1. The van der Waals surface area contributed by atoms with Crippen molar-refractivity contribution in [2.75, 3.05) is 13.2 Å². The predicted octanol–water partition coefficient (Wildman–Crippen LogP) is 1.51. The van der Waals surface area contributed by atoms with E-state index in [1.165, 1.54) is 0 Å². The number of hydrogen-bond donors (Lipinski definition) is 0. The fourth-order valence-corrected chi connectivity index (χ4v) is 1.57. The third-order valence-corrected chi connectivity index (χ3v) is 2.48. The summed E-state index contributed by atoms with van der Waals surface area (Å²) in [7, 11) is 0. The maximum atomic E-state index is 11.8. The first-order chi connectivity index (χ1) is 7.69. The van der Waals surface area contributed by atoms with E-state index in [-0.39, 0.29) is 24.7 Å². The second kappa shape index (κ2) is 6.30. The molecular weight excluding hydrogens is 206 g/mol. The van der Waals surface area contributed by atoms with Crippen LogP contribution in [0.15, 0.2) is 12.7 Å². The van der Waals surface area contributed by atoms with Gasteiger partial charge in [-0.25, -0.2) is 0 Å². The molecule has 4 heteroatoms. The topological polar surface area (TPSA) is 46.6 Å². The maximum Gasteiger partial charge on any atom is 0.306 e. The summed E-state index contributed by atoms with van der Waals surface area (Å²) in [5.74, 6) is -0.277. The zero-order valence-corrected chi connectivity index (χ0v) is 9.78. The summed E-state index contributed by atoms with van der Waals surface area (Å²) < 4.78 is 4.78. The van der Waals surface area contributed by atoms with Gasteiger partial charge in [0, 0.05) is 19.0 Å². The predicted molar refractivity (Wildman–Crippen MR) is 60.8 cm³/mol. The lowest BCUT2D eigenvalue weighted by Gasteiger charge is -2.20. The van der Waals surface area contributed by atoms with Crippen LogP contribution in [0.25, 0.3) is 0 Å². The minimum Gasteiger partial charge on any atom is -0.466 e. The average Bonchev–Trinajstić information content (AvgIpc) is 3.07. The Morgan fingerprint density at radius 2 is 2.12 bits per heavy atom. The van der Waals surface area contributed by atoms with Crippen molar-refractivity contribution < 1.29 is 14.3 Å². The Hall–Kier alpha value is -1.32. The molecule has 16 heavy (non-hydrogen) atoms. The molecule has 1 rings (SSSR count). The molecule has 1 aliphatic carbocycles. The van der Waals surface area contributed by atoms with Crippen LogP contribution >= 0.6 is 0 Å². The molecule has 0 aliphatic heterocycles. The number of carbonyl (C=O) groups excluding carboxylic acids is 2. The minimum atomic E-state index is -0.301. The van der Waals surface area contributed by atoms with E-state index in [1.54, 1.807) is 17.9 Å². The zero-order chi connectivity index (χ0) is 12.0. The number of rotatable bonds is 7. The molecule has 0 aromatic heterocycles. The van der Waals surface area contributed by atoms with E-state index in [4.69, 9.17) is 4.74 Å². The van der Waals surface area contributed by atoms with E-state index in [0.717, 1.165) is 12.8 Å². The van der Waals surface area contributed by atoms with Crippen molar-refractivity contribution in [1.29, 1.82) is 0 Å². The van der Waals surface area contributed by atoms with Crippen molar-refractivity contribution in [3.63, 3.8) is 0 Å². The van der Waals surface area contributed by atoms with E-state index in [2.05, 4.69) is 6.58 Å². The first-order valence-electron chi connectivity index (χ1n) is 5.75. The molecule has 0 N–H and O–H groups in total. The number of amides is 1. The molecule has 90 valence electrons. The van der Waals surface area contributed by atoms with Crippen LogP contribution in [0.2, 0.25) is 0 Å². The Labute approximate surface area is 96.3 Å². The van der Waals surface area contributed by atoms with Gasteiger partial charge in [0.1, 0.15) is 0 Å². The van der Waals surface area contributed by atoms with Crippen LogP contribution in [-0.2, 0) is 14.3 Å². The van der Waals surface area contributed by atoms with Crippen LogP contribution in [0.1, 0.15) is 32.6 Å². The lowest BCUT2D eigenvalue weighted by atomic mass is 10.2. The van der Waals surface area contributed by atoms with Crippen LogP contribution < -0.4 is 0 Å². The number of hydrogen-bond acceptors (Lipinski definition) is 3. The van der Waals surface area contributed by atoms with Gasteiger partial charge in [0.25, 0.3) is 0 Å². The van der Waals surface area contributed by atoms with Crippen molar-refractivity contribution in [3.05, 3.63) is 12.7 Å². The summed E-state index contributed by atoms with van der Waals surface area (Å²) >= 11 is 0. The first kappa shape index (κ1) is 12.7. The van der Waals surface area contributed by atoms with Crippen LogP contribution in [0.5, 0.6) is 0 Å². The fraction of sp³-hybridized carbons (Fsp3) is 0.667. The number of ether oxygens (including phenoxy) is 1. The smallest absolute Gasteiger partial charge is 0.306 e. The van der Waals surface area contributed by atoms with E-state index in [9.17, 15) is 9.59 Å². The second-order valence-electron chi connectivity index (χ2n) is 3.87. The molecule has 0 saturated heterocycles. The molecule has 1 aliphatic rings. The molecule has 0 unspecified atom stereocenters. The molecule has 0 radical (unpaired) electrons. The summed E-state index contributed by atoms with van der Waals surface area (Å²) in [6.07, 6.45) is 4.27. The van der Waals surface area contributed by atoms with Crippen LogP contribution in [-0.4, -0.2) is 36.0 Å². The van der Waals surface area contributed by atoms with Gasteiger partial charge in [0.05, 0.1) is 13.0 Å². The van der Waals surface area contributed by atoms with Crippen LogP contribution in [0.4, 0.5) is 0 Å². The van der Waals surface area contributed by atoms with E-state index in [1.807, 2.05) is 0 Å². The Morgan fingerprint density at radius 3 is 2.62 bits per heavy atom. The average molecular weight is 225 g/mol. The SMILES string of the molecule is C=CCN(C(=O)CCC(=O)OCC)C1CC1.